The van der Waals surface area contributed by atoms with Gasteiger partial charge in [-0.2, -0.15) is 5.10 Å². The van der Waals surface area contributed by atoms with Gasteiger partial charge >= 0.3 is 0 Å². The Morgan fingerprint density at radius 1 is 1.07 bits per heavy atom. The fourth-order valence-electron chi connectivity index (χ4n) is 4.53. The van der Waals surface area contributed by atoms with Crippen molar-refractivity contribution in [1.82, 2.24) is 24.9 Å². The van der Waals surface area contributed by atoms with Crippen molar-refractivity contribution < 1.29 is 0 Å². The second-order valence-corrected chi connectivity index (χ2v) is 9.50. The maximum Gasteiger partial charge on any atom is 0.0727 e. The summed E-state index contributed by atoms with van der Waals surface area (Å²) in [5, 5.41) is 8.47. The molecule has 0 radical (unpaired) electrons. The summed E-state index contributed by atoms with van der Waals surface area (Å²) in [4.78, 5) is 5.30. The molecule has 0 amide bonds. The highest BCUT2D eigenvalue weighted by molar-refractivity contribution is 5.36. The molecule has 0 bridgehead atoms. The van der Waals surface area contributed by atoms with Crippen molar-refractivity contribution in [3.8, 4) is 5.69 Å². The molecular formula is C23H35N5. The topological polar surface area (TPSA) is 36.3 Å². The van der Waals surface area contributed by atoms with Crippen LogP contribution in [0.15, 0.2) is 30.5 Å². The smallest absolute Gasteiger partial charge is 0.0727 e. The van der Waals surface area contributed by atoms with Crippen LogP contribution in [0, 0.1) is 6.92 Å². The van der Waals surface area contributed by atoms with Gasteiger partial charge in [0.1, 0.15) is 0 Å². The molecule has 1 atom stereocenters. The van der Waals surface area contributed by atoms with E-state index in [0.717, 1.165) is 25.3 Å². The number of piperazine rings is 1. The van der Waals surface area contributed by atoms with Crippen LogP contribution in [0.3, 0.4) is 0 Å². The van der Waals surface area contributed by atoms with Gasteiger partial charge in [0.2, 0.25) is 0 Å². The fourth-order valence-corrected chi connectivity index (χ4v) is 4.53. The number of aromatic nitrogens is 2. The molecule has 1 aromatic carbocycles. The van der Waals surface area contributed by atoms with E-state index in [1.54, 1.807) is 0 Å². The molecule has 0 saturated carbocycles. The number of likely N-dealkylation sites (tertiary alicyclic amines) is 1. The maximum atomic E-state index is 5.00. The molecule has 3 heterocycles. The Bertz CT molecular complexity index is 780. The lowest BCUT2D eigenvalue weighted by molar-refractivity contribution is 0.170. The third kappa shape index (κ3) is 4.32. The zero-order valence-corrected chi connectivity index (χ0v) is 17.9. The van der Waals surface area contributed by atoms with Crippen LogP contribution in [0.25, 0.3) is 5.69 Å². The molecule has 5 heteroatoms. The molecule has 4 rings (SSSR count). The summed E-state index contributed by atoms with van der Waals surface area (Å²) in [5.41, 5.74) is 5.06. The van der Waals surface area contributed by atoms with Crippen LogP contribution in [-0.4, -0.2) is 64.9 Å². The molecule has 152 valence electrons. The third-order valence-corrected chi connectivity index (χ3v) is 6.11. The number of hydrogen-bond donors (Lipinski definition) is 1. The molecular weight excluding hydrogens is 346 g/mol. The highest BCUT2D eigenvalue weighted by Gasteiger charge is 2.30. The first-order valence-corrected chi connectivity index (χ1v) is 10.7. The largest absolute Gasteiger partial charge is 0.314 e. The number of rotatable bonds is 4. The van der Waals surface area contributed by atoms with Gasteiger partial charge in [-0.05, 0) is 25.5 Å². The lowest BCUT2D eigenvalue weighted by Gasteiger charge is -2.32. The van der Waals surface area contributed by atoms with E-state index in [2.05, 4.69) is 78.0 Å². The minimum Gasteiger partial charge on any atom is -0.314 e. The fraction of sp³-hybridized carbons (Fsp3) is 0.609. The van der Waals surface area contributed by atoms with Crippen LogP contribution in [0.1, 0.15) is 44.0 Å². The molecule has 2 aliphatic rings. The maximum absolute atomic E-state index is 5.00. The predicted octanol–water partition coefficient (Wildman–Crippen LogP) is 2.96. The minimum atomic E-state index is 0.0446. The van der Waals surface area contributed by atoms with E-state index in [1.807, 2.05) is 0 Å². The van der Waals surface area contributed by atoms with Gasteiger partial charge in [-0.15, -0.1) is 0 Å². The van der Waals surface area contributed by atoms with Gasteiger partial charge in [-0.25, -0.2) is 4.68 Å². The van der Waals surface area contributed by atoms with Crippen molar-refractivity contribution in [3.63, 3.8) is 0 Å². The first-order chi connectivity index (χ1) is 13.4. The van der Waals surface area contributed by atoms with E-state index in [0.29, 0.717) is 6.04 Å². The van der Waals surface area contributed by atoms with Crippen LogP contribution in [-0.2, 0) is 12.0 Å². The van der Waals surface area contributed by atoms with Crippen molar-refractivity contribution >= 4 is 0 Å². The average molecular weight is 382 g/mol. The molecule has 0 spiro atoms. The highest BCUT2D eigenvalue weighted by Crippen LogP contribution is 2.28. The summed E-state index contributed by atoms with van der Waals surface area (Å²) >= 11 is 0. The predicted molar refractivity (Wildman–Crippen MR) is 115 cm³/mol. The monoisotopic (exact) mass is 381 g/mol. The Kier molecular flexibility index (Phi) is 5.59. The molecule has 1 N–H and O–H groups in total. The Balaban J connectivity index is 1.51. The van der Waals surface area contributed by atoms with E-state index in [4.69, 9.17) is 5.10 Å². The van der Waals surface area contributed by atoms with Gasteiger partial charge in [0.05, 0.1) is 11.4 Å². The third-order valence-electron chi connectivity index (χ3n) is 6.11. The second-order valence-electron chi connectivity index (χ2n) is 9.50. The van der Waals surface area contributed by atoms with E-state index < -0.39 is 0 Å². The molecule has 1 aromatic heterocycles. The molecule has 2 aliphatic heterocycles. The van der Waals surface area contributed by atoms with Crippen molar-refractivity contribution in [1.29, 1.82) is 0 Å². The Morgan fingerprint density at radius 2 is 1.79 bits per heavy atom. The normalized spacial score (nSPS) is 22.1. The zero-order valence-electron chi connectivity index (χ0n) is 17.9. The van der Waals surface area contributed by atoms with Crippen LogP contribution >= 0.6 is 0 Å². The van der Waals surface area contributed by atoms with Gasteiger partial charge in [-0.3, -0.25) is 9.80 Å². The van der Waals surface area contributed by atoms with Crippen LogP contribution in [0.5, 0.6) is 0 Å². The van der Waals surface area contributed by atoms with Crippen molar-refractivity contribution in [3.05, 3.63) is 47.3 Å². The minimum absolute atomic E-state index is 0.0446. The summed E-state index contributed by atoms with van der Waals surface area (Å²) in [5.74, 6) is 0. The standard InChI is InChI=1S/C23H35N5/c1-18-5-7-20(8-6-18)28-16-19(22(25-28)23(2,3)4)15-26-12-9-21(17-26)27-13-10-24-11-14-27/h5-8,16,21,24H,9-15,17H2,1-4H3. The number of nitrogens with zero attached hydrogens (tertiary/aromatic N) is 4. The quantitative estimate of drug-likeness (QED) is 0.883. The van der Waals surface area contributed by atoms with Gasteiger partial charge in [-0.1, -0.05) is 38.5 Å². The first-order valence-electron chi connectivity index (χ1n) is 10.7. The lowest BCUT2D eigenvalue weighted by atomic mass is 9.89. The van der Waals surface area contributed by atoms with Crippen LogP contribution < -0.4 is 5.32 Å². The Morgan fingerprint density at radius 3 is 2.46 bits per heavy atom. The first kappa shape index (κ1) is 19.6. The lowest BCUT2D eigenvalue weighted by Crippen LogP contribution is -2.49. The van der Waals surface area contributed by atoms with Crippen molar-refractivity contribution in [2.24, 2.45) is 0 Å². The van der Waals surface area contributed by atoms with E-state index >= 15 is 0 Å². The van der Waals surface area contributed by atoms with Gasteiger partial charge < -0.3 is 5.32 Å². The Hall–Kier alpha value is -1.69. The average Bonchev–Trinajstić information content (AvgIpc) is 3.31. The van der Waals surface area contributed by atoms with Gasteiger partial charge in [0, 0.05) is 69.0 Å². The molecule has 0 aliphatic carbocycles. The Labute approximate surface area is 169 Å². The molecule has 2 saturated heterocycles. The van der Waals surface area contributed by atoms with Crippen molar-refractivity contribution in [2.45, 2.75) is 52.1 Å². The van der Waals surface area contributed by atoms with Gasteiger partial charge in [0.25, 0.3) is 0 Å². The molecule has 1 unspecified atom stereocenters. The van der Waals surface area contributed by atoms with Gasteiger partial charge in [0.15, 0.2) is 0 Å². The van der Waals surface area contributed by atoms with Crippen molar-refractivity contribution in [2.75, 3.05) is 39.3 Å². The SMILES string of the molecule is Cc1ccc(-n2cc(CN3CCC(N4CCNCC4)C3)c(C(C)(C)C)n2)cc1. The summed E-state index contributed by atoms with van der Waals surface area (Å²) in [6.07, 6.45) is 3.54. The summed E-state index contributed by atoms with van der Waals surface area (Å²) in [6, 6.07) is 9.36. The van der Waals surface area contributed by atoms with E-state index in [-0.39, 0.29) is 5.41 Å². The molecule has 2 fully saturated rings. The molecule has 2 aromatic rings. The number of nitrogens with one attached hydrogen (secondary N) is 1. The van der Waals surface area contributed by atoms with Crippen LogP contribution in [0.4, 0.5) is 0 Å². The number of hydrogen-bond acceptors (Lipinski definition) is 4. The molecule has 5 nitrogen and oxygen atoms in total. The summed E-state index contributed by atoms with van der Waals surface area (Å²) < 4.78 is 2.07. The van der Waals surface area contributed by atoms with Crippen LogP contribution in [0.2, 0.25) is 0 Å². The number of benzene rings is 1. The van der Waals surface area contributed by atoms with E-state index in [1.165, 1.54) is 49.4 Å². The second kappa shape index (κ2) is 7.97. The summed E-state index contributed by atoms with van der Waals surface area (Å²) in [7, 11) is 0. The van der Waals surface area contributed by atoms with E-state index in [9.17, 15) is 0 Å². The zero-order chi connectivity index (χ0) is 19.7. The number of aryl methyl sites for hydroxylation is 1. The molecule has 28 heavy (non-hydrogen) atoms. The highest BCUT2D eigenvalue weighted by atomic mass is 15.3. The summed E-state index contributed by atoms with van der Waals surface area (Å²) in [6.45, 7) is 17.0.